The van der Waals surface area contributed by atoms with Crippen LogP contribution in [-0.2, 0) is 14.3 Å². The molecule has 1 atom stereocenters. The number of hydrogen-bond donors (Lipinski definition) is 1. The van der Waals surface area contributed by atoms with E-state index >= 15 is 0 Å². The monoisotopic (exact) mass is 427 g/mol. The van der Waals surface area contributed by atoms with Gasteiger partial charge in [-0.2, -0.15) is 4.98 Å². The van der Waals surface area contributed by atoms with Crippen molar-refractivity contribution >= 4 is 11.8 Å². The summed E-state index contributed by atoms with van der Waals surface area (Å²) in [7, 11) is 0. The maximum Gasteiger partial charge on any atom is 0.230 e. The third-order valence-electron chi connectivity index (χ3n) is 6.00. The van der Waals surface area contributed by atoms with E-state index < -0.39 is 0 Å². The molecule has 9 nitrogen and oxygen atoms in total. The largest absolute Gasteiger partial charge is 0.381 e. The van der Waals surface area contributed by atoms with Gasteiger partial charge >= 0.3 is 0 Å². The van der Waals surface area contributed by atoms with E-state index in [-0.39, 0.29) is 23.7 Å². The van der Waals surface area contributed by atoms with Crippen molar-refractivity contribution in [2.45, 2.75) is 44.4 Å². The standard InChI is InChI=1S/C22H29N5O4/c28-19-6-12-27(22(29)17-7-13-30-14-8-17)11-2-4-16(5-10-24-19)21-25-20(26-31-21)18-3-1-9-23-15-18/h1,3,9,15-17H,2,4-8,10-14H2,(H,24,28). The summed E-state index contributed by atoms with van der Waals surface area (Å²) in [5.74, 6) is 1.20. The van der Waals surface area contributed by atoms with Crippen molar-refractivity contribution in [3.63, 3.8) is 0 Å². The summed E-state index contributed by atoms with van der Waals surface area (Å²) in [4.78, 5) is 35.8. The van der Waals surface area contributed by atoms with Crippen LogP contribution in [0.5, 0.6) is 0 Å². The molecule has 1 N–H and O–H groups in total. The number of rotatable bonds is 3. The molecule has 4 heterocycles. The minimum absolute atomic E-state index is 0.00397. The Labute approximate surface area is 181 Å². The second-order valence-corrected chi connectivity index (χ2v) is 8.14. The molecule has 4 rings (SSSR count). The molecule has 9 heteroatoms. The number of pyridine rings is 1. The minimum Gasteiger partial charge on any atom is -0.381 e. The molecule has 2 aliphatic heterocycles. The van der Waals surface area contributed by atoms with Gasteiger partial charge < -0.3 is 19.5 Å². The van der Waals surface area contributed by atoms with Gasteiger partial charge in [0.15, 0.2) is 0 Å². The Bertz CT molecular complexity index is 866. The van der Waals surface area contributed by atoms with Crippen LogP contribution in [0.2, 0.25) is 0 Å². The molecule has 1 unspecified atom stereocenters. The summed E-state index contributed by atoms with van der Waals surface area (Å²) in [6, 6.07) is 3.72. The number of amides is 2. The smallest absolute Gasteiger partial charge is 0.230 e. The van der Waals surface area contributed by atoms with Crippen LogP contribution < -0.4 is 5.32 Å². The number of aromatic nitrogens is 3. The summed E-state index contributed by atoms with van der Waals surface area (Å²) < 4.78 is 10.9. The van der Waals surface area contributed by atoms with Gasteiger partial charge in [-0.05, 0) is 44.2 Å². The summed E-state index contributed by atoms with van der Waals surface area (Å²) in [5.41, 5.74) is 0.802. The molecule has 0 saturated carbocycles. The van der Waals surface area contributed by atoms with Gasteiger partial charge in [-0.15, -0.1) is 0 Å². The molecule has 2 fully saturated rings. The third-order valence-corrected chi connectivity index (χ3v) is 6.00. The predicted octanol–water partition coefficient (Wildman–Crippen LogP) is 2.16. The van der Waals surface area contributed by atoms with Crippen molar-refractivity contribution in [1.82, 2.24) is 25.3 Å². The average molecular weight is 428 g/mol. The topological polar surface area (TPSA) is 110 Å². The number of nitrogens with zero attached hydrogens (tertiary/aromatic N) is 4. The molecule has 2 aromatic heterocycles. The summed E-state index contributed by atoms with van der Waals surface area (Å²) in [6.07, 6.45) is 7.57. The summed E-state index contributed by atoms with van der Waals surface area (Å²) in [5, 5.41) is 7.07. The highest BCUT2D eigenvalue weighted by atomic mass is 16.5. The Kier molecular flexibility index (Phi) is 7.24. The highest BCUT2D eigenvalue weighted by Crippen LogP contribution is 2.27. The molecule has 2 saturated heterocycles. The highest BCUT2D eigenvalue weighted by molar-refractivity contribution is 5.80. The first kappa shape index (κ1) is 21.4. The Balaban J connectivity index is 1.43. The lowest BCUT2D eigenvalue weighted by Gasteiger charge is -2.29. The summed E-state index contributed by atoms with van der Waals surface area (Å²) in [6.45, 7) is 2.89. The highest BCUT2D eigenvalue weighted by Gasteiger charge is 2.28. The first-order chi connectivity index (χ1) is 15.2. The van der Waals surface area contributed by atoms with Crippen LogP contribution in [0.15, 0.2) is 29.0 Å². The lowest BCUT2D eigenvalue weighted by atomic mass is 9.97. The third kappa shape index (κ3) is 5.66. The molecular weight excluding hydrogens is 398 g/mol. The van der Waals surface area contributed by atoms with Crippen molar-refractivity contribution in [3.8, 4) is 11.4 Å². The first-order valence-electron chi connectivity index (χ1n) is 11.1. The van der Waals surface area contributed by atoms with Gasteiger partial charge in [0.25, 0.3) is 0 Å². The van der Waals surface area contributed by atoms with Crippen LogP contribution in [0.4, 0.5) is 0 Å². The van der Waals surface area contributed by atoms with E-state index in [4.69, 9.17) is 9.26 Å². The molecule has 0 aromatic carbocycles. The SMILES string of the molecule is O=C1CCN(C(=O)C2CCOCC2)CCCC(c2nc(-c3cccnc3)no2)CCN1. The fourth-order valence-corrected chi connectivity index (χ4v) is 4.18. The molecule has 2 amide bonds. The zero-order chi connectivity index (χ0) is 21.5. The lowest BCUT2D eigenvalue weighted by molar-refractivity contribution is -0.139. The minimum atomic E-state index is -0.0352. The molecule has 2 aliphatic rings. The number of carbonyl (C=O) groups excluding carboxylic acids is 2. The molecule has 0 radical (unpaired) electrons. The van der Waals surface area contributed by atoms with Crippen LogP contribution in [0, 0.1) is 5.92 Å². The second kappa shape index (κ2) is 10.5. The Morgan fingerprint density at radius 3 is 2.84 bits per heavy atom. The van der Waals surface area contributed by atoms with Crippen LogP contribution in [0.25, 0.3) is 11.4 Å². The van der Waals surface area contributed by atoms with Crippen molar-refractivity contribution in [2.24, 2.45) is 5.92 Å². The van der Waals surface area contributed by atoms with Crippen LogP contribution in [-0.4, -0.2) is 64.7 Å². The summed E-state index contributed by atoms with van der Waals surface area (Å²) >= 11 is 0. The number of carbonyl (C=O) groups is 2. The van der Waals surface area contributed by atoms with Crippen molar-refractivity contribution in [2.75, 3.05) is 32.8 Å². The molecule has 166 valence electrons. The van der Waals surface area contributed by atoms with Gasteiger partial charge in [-0.3, -0.25) is 14.6 Å². The van der Waals surface area contributed by atoms with E-state index in [1.54, 1.807) is 12.4 Å². The normalized spacial score (nSPS) is 21.9. The molecule has 0 spiro atoms. The maximum atomic E-state index is 13.0. The zero-order valence-electron chi connectivity index (χ0n) is 17.7. The van der Waals surface area contributed by atoms with Gasteiger partial charge in [0.05, 0.1) is 0 Å². The Morgan fingerprint density at radius 1 is 1.16 bits per heavy atom. The van der Waals surface area contributed by atoms with Crippen molar-refractivity contribution < 1.29 is 18.8 Å². The molecular formula is C22H29N5O4. The van der Waals surface area contributed by atoms with E-state index in [0.717, 1.165) is 31.2 Å². The van der Waals surface area contributed by atoms with Gasteiger partial charge in [0.1, 0.15) is 0 Å². The van der Waals surface area contributed by atoms with Crippen molar-refractivity contribution in [1.29, 1.82) is 0 Å². The predicted molar refractivity (Wildman–Crippen MR) is 112 cm³/mol. The van der Waals surface area contributed by atoms with E-state index in [1.165, 1.54) is 0 Å². The Morgan fingerprint density at radius 2 is 2.03 bits per heavy atom. The van der Waals surface area contributed by atoms with Gasteiger partial charge in [0, 0.05) is 69.1 Å². The fraction of sp³-hybridized carbons (Fsp3) is 0.591. The van der Waals surface area contributed by atoms with E-state index in [9.17, 15) is 9.59 Å². The maximum absolute atomic E-state index is 13.0. The molecule has 0 bridgehead atoms. The van der Waals surface area contributed by atoms with E-state index in [2.05, 4.69) is 20.4 Å². The van der Waals surface area contributed by atoms with Gasteiger partial charge in [-0.25, -0.2) is 0 Å². The molecule has 2 aromatic rings. The second-order valence-electron chi connectivity index (χ2n) is 8.14. The van der Waals surface area contributed by atoms with E-state index in [1.807, 2.05) is 17.0 Å². The Hall–Kier alpha value is -2.81. The number of ether oxygens (including phenoxy) is 1. The molecule has 31 heavy (non-hydrogen) atoms. The zero-order valence-corrected chi connectivity index (χ0v) is 17.7. The fourth-order valence-electron chi connectivity index (χ4n) is 4.18. The van der Waals surface area contributed by atoms with Crippen LogP contribution in [0.1, 0.15) is 50.3 Å². The van der Waals surface area contributed by atoms with E-state index in [0.29, 0.717) is 57.4 Å². The van der Waals surface area contributed by atoms with Crippen LogP contribution >= 0.6 is 0 Å². The average Bonchev–Trinajstić information content (AvgIpc) is 3.29. The number of hydrogen-bond acceptors (Lipinski definition) is 7. The van der Waals surface area contributed by atoms with Crippen molar-refractivity contribution in [3.05, 3.63) is 30.4 Å². The lowest BCUT2D eigenvalue weighted by Crippen LogP contribution is -2.41. The quantitative estimate of drug-likeness (QED) is 0.799. The first-order valence-corrected chi connectivity index (χ1v) is 11.1. The van der Waals surface area contributed by atoms with Crippen LogP contribution in [0.3, 0.4) is 0 Å². The van der Waals surface area contributed by atoms with Gasteiger partial charge in [0.2, 0.25) is 23.5 Å². The molecule has 0 aliphatic carbocycles. The number of nitrogens with one attached hydrogen (secondary N) is 1. The van der Waals surface area contributed by atoms with Gasteiger partial charge in [-0.1, -0.05) is 5.16 Å².